The molecule has 1 rings (SSSR count). The van der Waals surface area contributed by atoms with E-state index in [1.165, 1.54) is 6.07 Å². The smallest absolute Gasteiger partial charge is 0.303 e. The number of carboxylic acids is 1. The quantitative estimate of drug-likeness (QED) is 0.820. The molecule has 4 nitrogen and oxygen atoms in total. The predicted octanol–water partition coefficient (Wildman–Crippen LogP) is 2.49. The number of carbonyl (C=O) groups excluding carboxylic acids is 1. The van der Waals surface area contributed by atoms with Gasteiger partial charge in [0.1, 0.15) is 5.82 Å². The molecular formula is C12H13BrFNO3. The van der Waals surface area contributed by atoms with Gasteiger partial charge in [-0.25, -0.2) is 4.39 Å². The van der Waals surface area contributed by atoms with Crippen LogP contribution in [0.5, 0.6) is 0 Å². The molecule has 2 N–H and O–H groups in total. The van der Waals surface area contributed by atoms with Crippen molar-refractivity contribution in [3.05, 3.63) is 33.5 Å². The van der Waals surface area contributed by atoms with E-state index in [1.807, 2.05) is 0 Å². The number of carbonyl (C=O) groups is 2. The summed E-state index contributed by atoms with van der Waals surface area (Å²) in [5, 5.41) is 10.9. The first kappa shape index (κ1) is 14.6. The van der Waals surface area contributed by atoms with Crippen molar-refractivity contribution >= 4 is 27.8 Å². The van der Waals surface area contributed by atoms with Gasteiger partial charge in [-0.2, -0.15) is 0 Å². The molecule has 0 atom stereocenters. The summed E-state index contributed by atoms with van der Waals surface area (Å²) in [4.78, 5) is 22.0. The van der Waals surface area contributed by atoms with Crippen LogP contribution in [0.2, 0.25) is 0 Å². The third-order valence-electron chi connectivity index (χ3n) is 2.36. The summed E-state index contributed by atoms with van der Waals surface area (Å²) in [5.74, 6) is -2.08. The number of nitrogens with one attached hydrogen (secondary N) is 1. The predicted molar refractivity (Wildman–Crippen MR) is 68.0 cm³/mol. The molecule has 0 unspecified atom stereocenters. The lowest BCUT2D eigenvalue weighted by molar-refractivity contribution is -0.137. The van der Waals surface area contributed by atoms with Crippen LogP contribution in [0.3, 0.4) is 0 Å². The molecule has 18 heavy (non-hydrogen) atoms. The summed E-state index contributed by atoms with van der Waals surface area (Å²) in [6, 6.07) is 2.80. The molecule has 0 radical (unpaired) electrons. The number of aryl methyl sites for hydroxylation is 1. The molecule has 98 valence electrons. The van der Waals surface area contributed by atoms with Crippen molar-refractivity contribution < 1.29 is 19.1 Å². The molecule has 0 aliphatic heterocycles. The molecule has 0 aliphatic carbocycles. The molecule has 0 saturated carbocycles. The summed E-state index contributed by atoms with van der Waals surface area (Å²) in [5.41, 5.74) is 0.706. The van der Waals surface area contributed by atoms with E-state index in [2.05, 4.69) is 21.2 Å². The Morgan fingerprint density at radius 1 is 1.44 bits per heavy atom. The Hall–Kier alpha value is -1.43. The normalized spacial score (nSPS) is 10.2. The lowest BCUT2D eigenvalue weighted by atomic mass is 10.1. The number of amides is 1. The molecule has 0 bridgehead atoms. The molecule has 0 saturated heterocycles. The van der Waals surface area contributed by atoms with Crippen molar-refractivity contribution in [2.24, 2.45) is 0 Å². The average Bonchev–Trinajstić information content (AvgIpc) is 2.30. The molecular weight excluding hydrogens is 305 g/mol. The second-order valence-corrected chi connectivity index (χ2v) is 4.60. The highest BCUT2D eigenvalue weighted by Crippen LogP contribution is 2.23. The Kier molecular flexibility index (Phi) is 5.27. The van der Waals surface area contributed by atoms with E-state index in [0.717, 1.165) is 5.56 Å². The van der Waals surface area contributed by atoms with Crippen molar-refractivity contribution in [3.8, 4) is 0 Å². The zero-order valence-electron chi connectivity index (χ0n) is 9.80. The van der Waals surface area contributed by atoms with Gasteiger partial charge < -0.3 is 10.4 Å². The lowest BCUT2D eigenvalue weighted by Crippen LogP contribution is -2.26. The Morgan fingerprint density at radius 3 is 2.72 bits per heavy atom. The number of hydrogen-bond donors (Lipinski definition) is 2. The maximum atomic E-state index is 13.5. The fraction of sp³-hybridized carbons (Fsp3) is 0.333. The fourth-order valence-electron chi connectivity index (χ4n) is 1.39. The number of rotatable bonds is 5. The monoisotopic (exact) mass is 317 g/mol. The minimum atomic E-state index is -0.924. The van der Waals surface area contributed by atoms with Crippen LogP contribution in [0.4, 0.5) is 4.39 Å². The van der Waals surface area contributed by atoms with Crippen molar-refractivity contribution in [1.29, 1.82) is 0 Å². The molecule has 0 aliphatic rings. The summed E-state index contributed by atoms with van der Waals surface area (Å²) in [6.45, 7) is 1.95. The second kappa shape index (κ2) is 6.49. The Labute approximate surface area is 112 Å². The highest BCUT2D eigenvalue weighted by Gasteiger charge is 2.16. The highest BCUT2D eigenvalue weighted by atomic mass is 79.9. The standard InChI is InChI=1S/C12H13BrFNO3/c1-7-4-5-8(14)10(11(7)13)12(18)15-6-2-3-9(16)17/h4-5H,2-3,6H2,1H3,(H,15,18)(H,16,17). The zero-order chi connectivity index (χ0) is 13.7. The van der Waals surface area contributed by atoms with Crippen LogP contribution in [-0.2, 0) is 4.79 Å². The van der Waals surface area contributed by atoms with Crippen LogP contribution in [-0.4, -0.2) is 23.5 Å². The van der Waals surface area contributed by atoms with E-state index in [0.29, 0.717) is 10.9 Å². The first-order valence-electron chi connectivity index (χ1n) is 5.38. The SMILES string of the molecule is Cc1ccc(F)c(C(=O)NCCCC(=O)O)c1Br. The van der Waals surface area contributed by atoms with Crippen molar-refractivity contribution in [2.75, 3.05) is 6.54 Å². The molecule has 6 heteroatoms. The van der Waals surface area contributed by atoms with Gasteiger partial charge in [-0.15, -0.1) is 0 Å². The Morgan fingerprint density at radius 2 is 2.11 bits per heavy atom. The topological polar surface area (TPSA) is 66.4 Å². The summed E-state index contributed by atoms with van der Waals surface area (Å²) >= 11 is 3.17. The molecule has 0 spiro atoms. The van der Waals surface area contributed by atoms with Crippen molar-refractivity contribution in [3.63, 3.8) is 0 Å². The van der Waals surface area contributed by atoms with Gasteiger partial charge in [0.15, 0.2) is 0 Å². The Balaban J connectivity index is 2.67. The Bertz CT molecular complexity index is 477. The lowest BCUT2D eigenvalue weighted by Gasteiger charge is -2.09. The van der Waals surface area contributed by atoms with Crippen LogP contribution in [0, 0.1) is 12.7 Å². The van der Waals surface area contributed by atoms with Gasteiger partial charge in [-0.3, -0.25) is 9.59 Å². The van der Waals surface area contributed by atoms with Gasteiger partial charge in [0, 0.05) is 17.4 Å². The van der Waals surface area contributed by atoms with Gasteiger partial charge in [0.25, 0.3) is 5.91 Å². The summed E-state index contributed by atoms with van der Waals surface area (Å²) in [7, 11) is 0. The maximum Gasteiger partial charge on any atom is 0.303 e. The molecule has 0 aromatic heterocycles. The van der Waals surface area contributed by atoms with Crippen molar-refractivity contribution in [2.45, 2.75) is 19.8 Å². The average molecular weight is 318 g/mol. The molecule has 0 heterocycles. The minimum Gasteiger partial charge on any atom is -0.481 e. The fourth-order valence-corrected chi connectivity index (χ4v) is 1.90. The van der Waals surface area contributed by atoms with E-state index in [9.17, 15) is 14.0 Å². The van der Waals surface area contributed by atoms with Crippen molar-refractivity contribution in [1.82, 2.24) is 5.32 Å². The number of aliphatic carboxylic acids is 1. The maximum absolute atomic E-state index is 13.5. The van der Waals surface area contributed by atoms with Gasteiger partial charge >= 0.3 is 5.97 Å². The number of benzene rings is 1. The van der Waals surface area contributed by atoms with E-state index in [-0.39, 0.29) is 18.5 Å². The summed E-state index contributed by atoms with van der Waals surface area (Å²) < 4.78 is 13.9. The van der Waals surface area contributed by atoms with Gasteiger partial charge in [-0.1, -0.05) is 6.07 Å². The first-order chi connectivity index (χ1) is 8.43. The third-order valence-corrected chi connectivity index (χ3v) is 3.39. The van der Waals surface area contributed by atoms with E-state index in [4.69, 9.17) is 5.11 Å². The van der Waals surface area contributed by atoms with Gasteiger partial charge in [-0.05, 0) is 40.9 Å². The number of halogens is 2. The molecule has 1 aromatic rings. The molecule has 1 amide bonds. The van der Waals surface area contributed by atoms with Gasteiger partial charge in [0.2, 0.25) is 0 Å². The van der Waals surface area contributed by atoms with Crippen LogP contribution in [0.25, 0.3) is 0 Å². The number of hydrogen-bond acceptors (Lipinski definition) is 2. The largest absolute Gasteiger partial charge is 0.481 e. The van der Waals surface area contributed by atoms with E-state index in [1.54, 1.807) is 13.0 Å². The zero-order valence-corrected chi connectivity index (χ0v) is 11.4. The molecule has 0 fully saturated rings. The second-order valence-electron chi connectivity index (χ2n) is 3.81. The van der Waals surface area contributed by atoms with Crippen LogP contribution >= 0.6 is 15.9 Å². The number of carboxylic acid groups (broad SMARTS) is 1. The summed E-state index contributed by atoms with van der Waals surface area (Å²) in [6.07, 6.45) is 0.282. The van der Waals surface area contributed by atoms with Crippen LogP contribution < -0.4 is 5.32 Å². The van der Waals surface area contributed by atoms with Crippen LogP contribution in [0.15, 0.2) is 16.6 Å². The van der Waals surface area contributed by atoms with Crippen LogP contribution in [0.1, 0.15) is 28.8 Å². The minimum absolute atomic E-state index is 0.0300. The molecule has 1 aromatic carbocycles. The van der Waals surface area contributed by atoms with E-state index < -0.39 is 17.7 Å². The van der Waals surface area contributed by atoms with E-state index >= 15 is 0 Å². The first-order valence-corrected chi connectivity index (χ1v) is 6.17. The van der Waals surface area contributed by atoms with Gasteiger partial charge in [0.05, 0.1) is 5.56 Å². The third kappa shape index (κ3) is 3.80. The highest BCUT2D eigenvalue weighted by molar-refractivity contribution is 9.10.